The maximum atomic E-state index is 12.2. The van der Waals surface area contributed by atoms with E-state index in [1.807, 2.05) is 31.4 Å². The third kappa shape index (κ3) is 5.62. The van der Waals surface area contributed by atoms with Crippen LogP contribution in [0.4, 0.5) is 5.13 Å². The molecule has 2 aromatic rings. The normalized spacial score (nSPS) is 15.4. The number of hydrogen-bond acceptors (Lipinski definition) is 5. The minimum atomic E-state index is -0.273. The molecule has 0 atom stereocenters. The van der Waals surface area contributed by atoms with Crippen LogP contribution in [0.25, 0.3) is 0 Å². The standard InChI is InChI=1S/C21H28N4O2S/c1-14-6-8-25(9-7-14)12-18-13-28-21(23-18)24-19(26)11-22-20(27)17-5-4-15(2)16(3)10-17/h4-5,10,13-14H,6-9,11-12H2,1-3H3,(H,22,27)(H,23,24,26). The molecule has 7 heteroatoms. The van der Waals surface area contributed by atoms with Gasteiger partial charge in [0, 0.05) is 17.5 Å². The molecule has 1 aromatic heterocycles. The molecule has 1 saturated heterocycles. The van der Waals surface area contributed by atoms with Gasteiger partial charge in [-0.15, -0.1) is 11.3 Å². The second kappa shape index (κ2) is 9.30. The maximum absolute atomic E-state index is 12.2. The molecule has 1 aromatic carbocycles. The molecular formula is C21H28N4O2S. The number of aromatic nitrogens is 1. The van der Waals surface area contributed by atoms with Crippen LogP contribution in [-0.4, -0.2) is 41.3 Å². The van der Waals surface area contributed by atoms with Crippen LogP contribution in [0.2, 0.25) is 0 Å². The van der Waals surface area contributed by atoms with Gasteiger partial charge in [-0.3, -0.25) is 14.5 Å². The van der Waals surface area contributed by atoms with Gasteiger partial charge in [-0.05, 0) is 69.0 Å². The molecule has 0 spiro atoms. The van der Waals surface area contributed by atoms with Crippen LogP contribution in [0.15, 0.2) is 23.6 Å². The van der Waals surface area contributed by atoms with E-state index in [4.69, 9.17) is 0 Å². The highest BCUT2D eigenvalue weighted by Gasteiger charge is 2.17. The average Bonchev–Trinajstić information content (AvgIpc) is 3.10. The van der Waals surface area contributed by atoms with Gasteiger partial charge in [0.05, 0.1) is 12.2 Å². The summed E-state index contributed by atoms with van der Waals surface area (Å²) >= 11 is 1.42. The molecule has 1 aliphatic rings. The molecule has 28 heavy (non-hydrogen) atoms. The van der Waals surface area contributed by atoms with Crippen molar-refractivity contribution in [3.05, 3.63) is 46.0 Å². The van der Waals surface area contributed by atoms with E-state index in [-0.39, 0.29) is 18.4 Å². The number of carbonyl (C=O) groups is 2. The molecule has 1 aliphatic heterocycles. The summed E-state index contributed by atoms with van der Waals surface area (Å²) in [5, 5.41) is 7.99. The van der Waals surface area contributed by atoms with E-state index in [2.05, 4.69) is 27.4 Å². The lowest BCUT2D eigenvalue weighted by Crippen LogP contribution is -2.33. The summed E-state index contributed by atoms with van der Waals surface area (Å²) in [6.07, 6.45) is 2.46. The summed E-state index contributed by atoms with van der Waals surface area (Å²) in [5.74, 6) is 0.280. The van der Waals surface area contributed by atoms with Gasteiger partial charge in [-0.2, -0.15) is 0 Å². The second-order valence-electron chi connectivity index (χ2n) is 7.63. The molecule has 2 amide bonds. The van der Waals surface area contributed by atoms with Crippen molar-refractivity contribution >= 4 is 28.3 Å². The summed E-state index contributed by atoms with van der Waals surface area (Å²) in [6.45, 7) is 9.21. The number of nitrogens with one attached hydrogen (secondary N) is 2. The number of amides is 2. The van der Waals surface area contributed by atoms with E-state index in [1.165, 1.54) is 24.2 Å². The largest absolute Gasteiger partial charge is 0.343 e. The molecule has 0 saturated carbocycles. The number of rotatable bonds is 6. The summed E-state index contributed by atoms with van der Waals surface area (Å²) in [5.41, 5.74) is 3.72. The van der Waals surface area contributed by atoms with Crippen molar-refractivity contribution in [1.82, 2.24) is 15.2 Å². The van der Waals surface area contributed by atoms with Crippen LogP contribution >= 0.6 is 11.3 Å². The number of piperidine rings is 1. The molecule has 3 rings (SSSR count). The Bertz CT molecular complexity index is 841. The quantitative estimate of drug-likeness (QED) is 0.780. The fourth-order valence-electron chi connectivity index (χ4n) is 3.20. The number of aryl methyl sites for hydroxylation is 2. The molecule has 1 fully saturated rings. The third-order valence-electron chi connectivity index (χ3n) is 5.24. The number of likely N-dealkylation sites (tertiary alicyclic amines) is 1. The Kier molecular flexibility index (Phi) is 6.80. The van der Waals surface area contributed by atoms with Gasteiger partial charge in [0.25, 0.3) is 5.91 Å². The topological polar surface area (TPSA) is 74.3 Å². The van der Waals surface area contributed by atoms with Crippen LogP contribution in [-0.2, 0) is 11.3 Å². The Balaban J connectivity index is 1.45. The Hall–Kier alpha value is -2.25. The van der Waals surface area contributed by atoms with Crippen LogP contribution in [0.1, 0.15) is 46.9 Å². The van der Waals surface area contributed by atoms with Crippen LogP contribution in [0.5, 0.6) is 0 Å². The van der Waals surface area contributed by atoms with Crippen LogP contribution < -0.4 is 10.6 Å². The van der Waals surface area contributed by atoms with E-state index in [1.54, 1.807) is 6.07 Å². The monoisotopic (exact) mass is 400 g/mol. The van der Waals surface area contributed by atoms with Gasteiger partial charge >= 0.3 is 0 Å². The molecule has 2 N–H and O–H groups in total. The van der Waals surface area contributed by atoms with Crippen LogP contribution in [0, 0.1) is 19.8 Å². The van der Waals surface area contributed by atoms with E-state index < -0.39 is 0 Å². The Morgan fingerprint density at radius 1 is 1.21 bits per heavy atom. The van der Waals surface area contributed by atoms with E-state index in [9.17, 15) is 9.59 Å². The molecule has 0 bridgehead atoms. The van der Waals surface area contributed by atoms with Gasteiger partial charge in [-0.1, -0.05) is 13.0 Å². The van der Waals surface area contributed by atoms with Crippen LogP contribution in [0.3, 0.4) is 0 Å². The van der Waals surface area contributed by atoms with Crippen molar-refractivity contribution in [2.45, 2.75) is 40.2 Å². The minimum absolute atomic E-state index is 0.0787. The number of benzene rings is 1. The van der Waals surface area contributed by atoms with Crippen molar-refractivity contribution in [3.63, 3.8) is 0 Å². The van der Waals surface area contributed by atoms with Gasteiger partial charge in [0.2, 0.25) is 5.91 Å². The highest BCUT2D eigenvalue weighted by Crippen LogP contribution is 2.21. The minimum Gasteiger partial charge on any atom is -0.343 e. The Morgan fingerprint density at radius 3 is 2.68 bits per heavy atom. The number of anilines is 1. The van der Waals surface area contributed by atoms with Crippen molar-refractivity contribution in [2.24, 2.45) is 5.92 Å². The van der Waals surface area contributed by atoms with Crippen molar-refractivity contribution < 1.29 is 9.59 Å². The molecule has 6 nitrogen and oxygen atoms in total. The van der Waals surface area contributed by atoms with E-state index in [0.717, 1.165) is 42.4 Å². The lowest BCUT2D eigenvalue weighted by atomic mass is 9.99. The zero-order valence-electron chi connectivity index (χ0n) is 16.7. The predicted molar refractivity (Wildman–Crippen MR) is 113 cm³/mol. The lowest BCUT2D eigenvalue weighted by molar-refractivity contribution is -0.115. The zero-order chi connectivity index (χ0) is 20.1. The SMILES string of the molecule is Cc1ccc(C(=O)NCC(=O)Nc2nc(CN3CCC(C)CC3)cs2)cc1C. The Morgan fingerprint density at radius 2 is 1.96 bits per heavy atom. The second-order valence-corrected chi connectivity index (χ2v) is 8.49. The number of nitrogens with zero attached hydrogens (tertiary/aromatic N) is 2. The van der Waals surface area contributed by atoms with Gasteiger partial charge in [-0.25, -0.2) is 4.98 Å². The predicted octanol–water partition coefficient (Wildman–Crippen LogP) is 3.36. The van der Waals surface area contributed by atoms with E-state index in [0.29, 0.717) is 10.7 Å². The first-order valence-electron chi connectivity index (χ1n) is 9.73. The number of hydrogen-bond donors (Lipinski definition) is 2. The van der Waals surface area contributed by atoms with Crippen molar-refractivity contribution in [3.8, 4) is 0 Å². The third-order valence-corrected chi connectivity index (χ3v) is 6.05. The van der Waals surface area contributed by atoms with Gasteiger partial charge < -0.3 is 10.6 Å². The highest BCUT2D eigenvalue weighted by atomic mass is 32.1. The summed E-state index contributed by atoms with van der Waals surface area (Å²) in [4.78, 5) is 31.2. The number of thiazole rings is 1. The maximum Gasteiger partial charge on any atom is 0.251 e. The smallest absolute Gasteiger partial charge is 0.251 e. The first-order chi connectivity index (χ1) is 13.4. The summed E-state index contributed by atoms with van der Waals surface area (Å²) in [6, 6.07) is 5.51. The lowest BCUT2D eigenvalue weighted by Gasteiger charge is -2.29. The number of carbonyl (C=O) groups excluding carboxylic acids is 2. The zero-order valence-corrected chi connectivity index (χ0v) is 17.6. The first-order valence-corrected chi connectivity index (χ1v) is 10.6. The molecule has 0 aliphatic carbocycles. The summed E-state index contributed by atoms with van der Waals surface area (Å²) < 4.78 is 0. The molecule has 150 valence electrons. The molecule has 0 unspecified atom stereocenters. The highest BCUT2D eigenvalue weighted by molar-refractivity contribution is 7.13. The van der Waals surface area contributed by atoms with Gasteiger partial charge in [0.15, 0.2) is 5.13 Å². The average molecular weight is 401 g/mol. The summed E-state index contributed by atoms with van der Waals surface area (Å²) in [7, 11) is 0. The Labute approximate surface area is 170 Å². The van der Waals surface area contributed by atoms with Crippen molar-refractivity contribution in [1.29, 1.82) is 0 Å². The first kappa shape index (κ1) is 20.5. The fourth-order valence-corrected chi connectivity index (χ4v) is 3.91. The molecule has 2 heterocycles. The fraction of sp³-hybridized carbons (Fsp3) is 0.476. The van der Waals surface area contributed by atoms with Crippen molar-refractivity contribution in [2.75, 3.05) is 25.0 Å². The van der Waals surface area contributed by atoms with Gasteiger partial charge in [0.1, 0.15) is 0 Å². The molecule has 0 radical (unpaired) electrons. The molecular weight excluding hydrogens is 372 g/mol. The van der Waals surface area contributed by atoms with E-state index >= 15 is 0 Å².